The minimum absolute atomic E-state index is 0.148. The van der Waals surface area contributed by atoms with Crippen molar-refractivity contribution in [3.8, 4) is 11.3 Å². The van der Waals surface area contributed by atoms with Gasteiger partial charge in [-0.15, -0.1) is 11.6 Å². The summed E-state index contributed by atoms with van der Waals surface area (Å²) >= 11 is 6.11. The molecule has 0 aliphatic carbocycles. The number of halogens is 1. The van der Waals surface area contributed by atoms with Crippen LogP contribution in [0.2, 0.25) is 0 Å². The average Bonchev–Trinajstić information content (AvgIpc) is 2.78. The van der Waals surface area contributed by atoms with Gasteiger partial charge in [0.2, 0.25) is 0 Å². The number of carbonyl (C=O) groups is 1. The normalized spacial score (nSPS) is 11.8. The number of nitrogens with zero attached hydrogens (tertiary/aromatic N) is 1. The summed E-state index contributed by atoms with van der Waals surface area (Å²) in [7, 11) is 0. The highest BCUT2D eigenvalue weighted by Gasteiger charge is 2.21. The van der Waals surface area contributed by atoms with Crippen molar-refractivity contribution in [2.24, 2.45) is 0 Å². The molecular formula is C25H27ClN2O2. The summed E-state index contributed by atoms with van der Waals surface area (Å²) in [4.78, 5) is 26.4. The van der Waals surface area contributed by atoms with Crippen LogP contribution in [0.15, 0.2) is 71.5 Å². The zero-order valence-electron chi connectivity index (χ0n) is 17.4. The Labute approximate surface area is 182 Å². The number of amides is 1. The average molecular weight is 423 g/mol. The van der Waals surface area contributed by atoms with Crippen molar-refractivity contribution < 1.29 is 4.79 Å². The van der Waals surface area contributed by atoms with Gasteiger partial charge in [-0.05, 0) is 36.1 Å². The van der Waals surface area contributed by atoms with Crippen LogP contribution in [0.5, 0.6) is 0 Å². The maximum atomic E-state index is 13.3. The molecule has 1 amide bonds. The first-order valence-electron chi connectivity index (χ1n) is 10.3. The number of hydrogen-bond acceptors (Lipinski definition) is 2. The number of aromatic nitrogens is 1. The molecular weight excluding hydrogens is 396 g/mol. The van der Waals surface area contributed by atoms with E-state index in [1.165, 1.54) is 0 Å². The van der Waals surface area contributed by atoms with Crippen molar-refractivity contribution in [2.45, 2.75) is 39.3 Å². The molecule has 1 heterocycles. The number of nitrogens with one attached hydrogen (secondary N) is 1. The molecule has 0 saturated heterocycles. The number of rotatable bonds is 8. The van der Waals surface area contributed by atoms with Gasteiger partial charge >= 0.3 is 0 Å². The second-order valence-corrected chi connectivity index (χ2v) is 7.67. The molecule has 0 aliphatic heterocycles. The molecule has 3 rings (SSSR count). The van der Waals surface area contributed by atoms with Gasteiger partial charge < -0.3 is 9.88 Å². The molecule has 1 unspecified atom stereocenters. The number of pyridine rings is 1. The van der Waals surface area contributed by atoms with Crippen LogP contribution in [-0.2, 0) is 6.54 Å². The topological polar surface area (TPSA) is 51.1 Å². The Balaban J connectivity index is 2.02. The summed E-state index contributed by atoms with van der Waals surface area (Å²) in [5.74, 6) is -0.177. The van der Waals surface area contributed by atoms with E-state index in [9.17, 15) is 9.59 Å². The van der Waals surface area contributed by atoms with Gasteiger partial charge in [0.1, 0.15) is 5.56 Å². The van der Waals surface area contributed by atoms with Gasteiger partial charge in [0.05, 0.1) is 11.7 Å². The van der Waals surface area contributed by atoms with E-state index in [4.69, 9.17) is 11.6 Å². The minimum atomic E-state index is -0.400. The Morgan fingerprint density at radius 2 is 1.70 bits per heavy atom. The van der Waals surface area contributed by atoms with Crippen molar-refractivity contribution in [3.63, 3.8) is 0 Å². The lowest BCUT2D eigenvalue weighted by atomic mass is 10.0. The van der Waals surface area contributed by atoms with Crippen LogP contribution in [0, 0.1) is 6.92 Å². The Bertz CT molecular complexity index is 1050. The SMILES string of the molecule is CCCCn1c(-c2ccccc2)c(C)cc(C(=O)NC(CCl)c2ccccc2)c1=O. The van der Waals surface area contributed by atoms with Crippen LogP contribution in [0.4, 0.5) is 0 Å². The smallest absolute Gasteiger partial charge is 0.263 e. The summed E-state index contributed by atoms with van der Waals surface area (Å²) < 4.78 is 1.74. The highest BCUT2D eigenvalue weighted by atomic mass is 35.5. The zero-order chi connectivity index (χ0) is 21.5. The van der Waals surface area contributed by atoms with Crippen molar-refractivity contribution in [2.75, 3.05) is 5.88 Å². The lowest BCUT2D eigenvalue weighted by Crippen LogP contribution is -2.36. The van der Waals surface area contributed by atoms with Crippen LogP contribution in [-0.4, -0.2) is 16.4 Å². The Morgan fingerprint density at radius 3 is 2.30 bits per heavy atom. The number of aryl methyl sites for hydroxylation is 1. The Kier molecular flexibility index (Phi) is 7.47. The molecule has 30 heavy (non-hydrogen) atoms. The predicted octanol–water partition coefficient (Wildman–Crippen LogP) is 5.33. The number of hydrogen-bond donors (Lipinski definition) is 1. The largest absolute Gasteiger partial charge is 0.344 e. The van der Waals surface area contributed by atoms with E-state index in [0.29, 0.717) is 6.54 Å². The fraction of sp³-hybridized carbons (Fsp3) is 0.280. The molecule has 3 aromatic rings. The van der Waals surface area contributed by atoms with E-state index in [1.54, 1.807) is 10.6 Å². The highest BCUT2D eigenvalue weighted by molar-refractivity contribution is 6.18. The van der Waals surface area contributed by atoms with Gasteiger partial charge in [0.15, 0.2) is 0 Å². The summed E-state index contributed by atoms with van der Waals surface area (Å²) in [5, 5.41) is 2.93. The molecule has 4 nitrogen and oxygen atoms in total. The van der Waals surface area contributed by atoms with Gasteiger partial charge in [-0.25, -0.2) is 0 Å². The van der Waals surface area contributed by atoms with Crippen LogP contribution in [0.25, 0.3) is 11.3 Å². The standard InChI is InChI=1S/C25H27ClN2O2/c1-3-4-15-28-23(20-13-9-6-10-14-20)18(2)16-21(25(28)30)24(29)27-22(17-26)19-11-7-5-8-12-19/h5-14,16,22H,3-4,15,17H2,1-2H3,(H,27,29). The first-order chi connectivity index (χ1) is 14.6. The van der Waals surface area contributed by atoms with E-state index in [-0.39, 0.29) is 23.0 Å². The fourth-order valence-electron chi connectivity index (χ4n) is 3.61. The van der Waals surface area contributed by atoms with Gasteiger partial charge in [-0.3, -0.25) is 9.59 Å². The maximum Gasteiger partial charge on any atom is 0.263 e. The summed E-state index contributed by atoms with van der Waals surface area (Å²) in [6.07, 6.45) is 1.82. The van der Waals surface area contributed by atoms with Crippen LogP contribution < -0.4 is 10.9 Å². The van der Waals surface area contributed by atoms with E-state index >= 15 is 0 Å². The summed E-state index contributed by atoms with van der Waals surface area (Å²) in [6, 6.07) is 20.7. The van der Waals surface area contributed by atoms with Crippen molar-refractivity contribution >= 4 is 17.5 Å². The number of alkyl halides is 1. The first-order valence-corrected chi connectivity index (χ1v) is 10.8. The van der Waals surface area contributed by atoms with Gasteiger partial charge in [-0.1, -0.05) is 74.0 Å². The molecule has 156 valence electrons. The summed E-state index contributed by atoms with van der Waals surface area (Å²) in [6.45, 7) is 4.60. The minimum Gasteiger partial charge on any atom is -0.344 e. The first kappa shape index (κ1) is 21.8. The molecule has 2 aromatic carbocycles. The predicted molar refractivity (Wildman–Crippen MR) is 123 cm³/mol. The van der Waals surface area contributed by atoms with Gasteiger partial charge in [-0.2, -0.15) is 0 Å². The van der Waals surface area contributed by atoms with E-state index in [0.717, 1.165) is 35.2 Å². The molecule has 0 spiro atoms. The highest BCUT2D eigenvalue weighted by Crippen LogP contribution is 2.23. The van der Waals surface area contributed by atoms with E-state index in [1.807, 2.05) is 67.6 Å². The molecule has 0 aliphatic rings. The fourth-order valence-corrected chi connectivity index (χ4v) is 3.87. The number of benzene rings is 2. The maximum absolute atomic E-state index is 13.3. The summed E-state index contributed by atoms with van der Waals surface area (Å²) in [5.41, 5.74) is 3.51. The molecule has 1 atom stereocenters. The van der Waals surface area contributed by atoms with Gasteiger partial charge in [0.25, 0.3) is 11.5 Å². The third-order valence-electron chi connectivity index (χ3n) is 5.17. The molecule has 1 aromatic heterocycles. The Hall–Kier alpha value is -2.85. The second kappa shape index (κ2) is 10.3. The van der Waals surface area contributed by atoms with E-state index in [2.05, 4.69) is 12.2 Å². The Morgan fingerprint density at radius 1 is 1.07 bits per heavy atom. The number of carbonyl (C=O) groups excluding carboxylic acids is 1. The molecule has 0 radical (unpaired) electrons. The van der Waals surface area contributed by atoms with E-state index < -0.39 is 5.91 Å². The lowest BCUT2D eigenvalue weighted by Gasteiger charge is -2.20. The molecule has 0 fully saturated rings. The third kappa shape index (κ3) is 4.82. The molecule has 0 bridgehead atoms. The molecule has 1 N–H and O–H groups in total. The lowest BCUT2D eigenvalue weighted by molar-refractivity contribution is 0.0938. The van der Waals surface area contributed by atoms with Crippen molar-refractivity contribution in [3.05, 3.63) is 93.8 Å². The van der Waals surface area contributed by atoms with Crippen LogP contribution in [0.1, 0.15) is 47.3 Å². The van der Waals surface area contributed by atoms with Gasteiger partial charge in [0, 0.05) is 12.4 Å². The van der Waals surface area contributed by atoms with Crippen LogP contribution >= 0.6 is 11.6 Å². The molecule has 5 heteroatoms. The zero-order valence-corrected chi connectivity index (χ0v) is 18.2. The van der Waals surface area contributed by atoms with Crippen molar-refractivity contribution in [1.29, 1.82) is 0 Å². The number of unbranched alkanes of at least 4 members (excludes halogenated alkanes) is 1. The third-order valence-corrected chi connectivity index (χ3v) is 5.48. The quantitative estimate of drug-likeness (QED) is 0.498. The van der Waals surface area contributed by atoms with Crippen molar-refractivity contribution in [1.82, 2.24) is 9.88 Å². The second-order valence-electron chi connectivity index (χ2n) is 7.36. The monoisotopic (exact) mass is 422 g/mol. The van der Waals surface area contributed by atoms with Crippen LogP contribution in [0.3, 0.4) is 0 Å². The molecule has 0 saturated carbocycles.